The molecule has 0 aromatic heterocycles. The standard InChI is InChI=1S/C62H34/c1-2-14-38-37(13-1)43-19-9-25-53-57(43)58-44(38)20-10-26-54(58)61(53)49-23-7-5-17-41(49)47-33-35(29-31-51(47)61)36-30-32-52-48(34-36)42-18-6-8-24-50(42)62(52)55-27-11-21-45-39-15-3-4-16-40(39)46-22-12-28-56(62)60(46)59(45)55/h1-34H. The Morgan fingerprint density at radius 1 is 0.194 bits per heavy atom. The molecular weight excluding hydrogens is 745 g/mol. The minimum absolute atomic E-state index is 0.392. The molecule has 0 fully saturated rings. The lowest BCUT2D eigenvalue weighted by atomic mass is 9.70. The van der Waals surface area contributed by atoms with Gasteiger partial charge >= 0.3 is 0 Å². The smallest absolute Gasteiger partial charge is 0.0619 e. The summed E-state index contributed by atoms with van der Waals surface area (Å²) < 4.78 is 0. The van der Waals surface area contributed by atoms with Gasteiger partial charge in [0, 0.05) is 0 Å². The maximum atomic E-state index is 2.50. The lowest BCUT2D eigenvalue weighted by molar-refractivity contribution is 0.796. The Kier molecular flexibility index (Phi) is 5.55. The van der Waals surface area contributed by atoms with Crippen molar-refractivity contribution in [3.05, 3.63) is 251 Å². The van der Waals surface area contributed by atoms with Crippen molar-refractivity contribution in [3.63, 3.8) is 0 Å². The van der Waals surface area contributed by atoms with Gasteiger partial charge in [0.05, 0.1) is 10.8 Å². The van der Waals surface area contributed by atoms with Gasteiger partial charge in [0.25, 0.3) is 0 Å². The summed E-state index contributed by atoms with van der Waals surface area (Å²) in [6.07, 6.45) is 0. The van der Waals surface area contributed by atoms with E-state index in [0.29, 0.717) is 0 Å². The lowest BCUT2D eigenvalue weighted by Crippen LogP contribution is -2.26. The molecule has 0 unspecified atom stereocenters. The van der Waals surface area contributed by atoms with Crippen LogP contribution in [0.1, 0.15) is 44.5 Å². The fourth-order valence-corrected chi connectivity index (χ4v) is 13.7. The van der Waals surface area contributed by atoms with Crippen molar-refractivity contribution >= 4 is 64.6 Å². The van der Waals surface area contributed by atoms with Crippen LogP contribution in [0.25, 0.3) is 98.0 Å². The quantitative estimate of drug-likeness (QED) is 0.146. The van der Waals surface area contributed by atoms with E-state index in [9.17, 15) is 0 Å². The second-order valence-electron chi connectivity index (χ2n) is 18.1. The summed E-state index contributed by atoms with van der Waals surface area (Å²) in [5.74, 6) is 0. The molecule has 0 N–H and O–H groups in total. The SMILES string of the molecule is c1ccc2c(c1)-c1cc(-c3ccc4c(c3)-c3ccccc3C43c4cccc5c6ccccc6c6cccc3c6c45)ccc1C21c2cccc3c4ccccc4c4cccc1c4c23. The third kappa shape index (κ3) is 3.35. The molecule has 282 valence electrons. The Bertz CT molecular complexity index is 3670. The van der Waals surface area contributed by atoms with Gasteiger partial charge in [-0.15, -0.1) is 0 Å². The minimum Gasteiger partial charge on any atom is -0.0619 e. The van der Waals surface area contributed by atoms with E-state index in [-0.39, 0.29) is 0 Å². The van der Waals surface area contributed by atoms with Crippen LogP contribution in [0.5, 0.6) is 0 Å². The maximum absolute atomic E-state index is 2.50. The van der Waals surface area contributed by atoms with E-state index >= 15 is 0 Å². The molecule has 16 rings (SSSR count). The number of benzene rings is 12. The highest BCUT2D eigenvalue weighted by Gasteiger charge is 2.52. The molecule has 0 heterocycles. The van der Waals surface area contributed by atoms with Crippen molar-refractivity contribution in [1.29, 1.82) is 0 Å². The monoisotopic (exact) mass is 778 g/mol. The topological polar surface area (TPSA) is 0 Å². The molecular formula is C62H34. The zero-order valence-electron chi connectivity index (χ0n) is 33.6. The van der Waals surface area contributed by atoms with Crippen molar-refractivity contribution in [2.45, 2.75) is 10.8 Å². The van der Waals surface area contributed by atoms with Crippen LogP contribution in [0.2, 0.25) is 0 Å². The fraction of sp³-hybridized carbons (Fsp3) is 0.0323. The molecule has 0 amide bonds. The third-order valence-corrected chi connectivity index (χ3v) is 15.8. The summed E-state index contributed by atoms with van der Waals surface area (Å²) in [6.45, 7) is 0. The molecule has 0 bridgehead atoms. The summed E-state index contributed by atoms with van der Waals surface area (Å²) >= 11 is 0. The van der Waals surface area contributed by atoms with Gasteiger partial charge in [0.15, 0.2) is 0 Å². The van der Waals surface area contributed by atoms with Gasteiger partial charge in [0.2, 0.25) is 0 Å². The molecule has 2 spiro atoms. The molecule has 0 nitrogen and oxygen atoms in total. The van der Waals surface area contributed by atoms with Gasteiger partial charge < -0.3 is 0 Å². The van der Waals surface area contributed by atoms with Gasteiger partial charge in [-0.1, -0.05) is 194 Å². The molecule has 4 aliphatic carbocycles. The molecule has 62 heavy (non-hydrogen) atoms. The molecule has 0 heteroatoms. The number of hydrogen-bond donors (Lipinski definition) is 0. The van der Waals surface area contributed by atoms with Crippen LogP contribution < -0.4 is 0 Å². The Hall–Kier alpha value is -7.80. The summed E-state index contributed by atoms with van der Waals surface area (Å²) in [7, 11) is 0. The summed E-state index contributed by atoms with van der Waals surface area (Å²) in [5, 5.41) is 16.3. The van der Waals surface area contributed by atoms with Crippen molar-refractivity contribution in [1.82, 2.24) is 0 Å². The van der Waals surface area contributed by atoms with Gasteiger partial charge in [0.1, 0.15) is 0 Å². The largest absolute Gasteiger partial charge is 0.0725 e. The van der Waals surface area contributed by atoms with Crippen LogP contribution in [-0.2, 0) is 10.8 Å². The number of fused-ring (bicyclic) bond motifs is 20. The second kappa shape index (κ2) is 10.7. The minimum atomic E-state index is -0.392. The predicted molar refractivity (Wildman–Crippen MR) is 259 cm³/mol. The van der Waals surface area contributed by atoms with E-state index in [0.717, 1.165) is 0 Å². The van der Waals surface area contributed by atoms with Gasteiger partial charge in [-0.05, 0) is 155 Å². The molecule has 0 aliphatic heterocycles. The molecule has 4 aliphatic rings. The summed E-state index contributed by atoms with van der Waals surface area (Å²) in [4.78, 5) is 0. The normalized spacial score (nSPS) is 15.0. The van der Waals surface area contributed by atoms with E-state index < -0.39 is 10.8 Å². The van der Waals surface area contributed by atoms with E-state index in [2.05, 4.69) is 206 Å². The van der Waals surface area contributed by atoms with Crippen molar-refractivity contribution < 1.29 is 0 Å². The van der Waals surface area contributed by atoms with Crippen molar-refractivity contribution in [3.8, 4) is 33.4 Å². The molecule has 12 aromatic carbocycles. The number of rotatable bonds is 1. The second-order valence-corrected chi connectivity index (χ2v) is 18.1. The van der Waals surface area contributed by atoms with Crippen LogP contribution in [0, 0.1) is 0 Å². The predicted octanol–water partition coefficient (Wildman–Crippen LogP) is 15.6. The first-order valence-corrected chi connectivity index (χ1v) is 22.0. The van der Waals surface area contributed by atoms with Crippen LogP contribution >= 0.6 is 0 Å². The number of hydrogen-bond acceptors (Lipinski definition) is 0. The first kappa shape index (κ1) is 32.0. The Balaban J connectivity index is 0.936. The highest BCUT2D eigenvalue weighted by molar-refractivity contribution is 6.31. The average Bonchev–Trinajstić information content (AvgIpc) is 4.02. The van der Waals surface area contributed by atoms with E-state index in [1.807, 2.05) is 0 Å². The van der Waals surface area contributed by atoms with E-state index in [1.54, 1.807) is 0 Å². The Morgan fingerprint density at radius 3 is 0.823 bits per heavy atom. The van der Waals surface area contributed by atoms with Gasteiger partial charge in [-0.25, -0.2) is 0 Å². The molecule has 0 atom stereocenters. The Morgan fingerprint density at radius 2 is 0.468 bits per heavy atom. The zero-order chi connectivity index (χ0) is 40.1. The molecule has 12 aromatic rings. The van der Waals surface area contributed by atoms with Crippen molar-refractivity contribution in [2.24, 2.45) is 0 Å². The lowest BCUT2D eigenvalue weighted by Gasteiger charge is -2.31. The van der Waals surface area contributed by atoms with Gasteiger partial charge in [-0.2, -0.15) is 0 Å². The van der Waals surface area contributed by atoms with Crippen LogP contribution in [0.15, 0.2) is 206 Å². The first-order valence-electron chi connectivity index (χ1n) is 22.0. The fourth-order valence-electron chi connectivity index (χ4n) is 13.7. The molecule has 0 saturated heterocycles. The molecule has 0 saturated carbocycles. The van der Waals surface area contributed by atoms with Crippen LogP contribution in [-0.4, -0.2) is 0 Å². The highest BCUT2D eigenvalue weighted by Crippen LogP contribution is 2.65. The van der Waals surface area contributed by atoms with Crippen LogP contribution in [0.3, 0.4) is 0 Å². The first-order chi connectivity index (χ1) is 30.8. The maximum Gasteiger partial charge on any atom is 0.0725 e. The van der Waals surface area contributed by atoms with Crippen LogP contribution in [0.4, 0.5) is 0 Å². The third-order valence-electron chi connectivity index (χ3n) is 15.8. The van der Waals surface area contributed by atoms with E-state index in [1.165, 1.54) is 143 Å². The highest BCUT2D eigenvalue weighted by atomic mass is 14.5. The van der Waals surface area contributed by atoms with Gasteiger partial charge in [-0.3, -0.25) is 0 Å². The summed E-state index contributed by atoms with van der Waals surface area (Å²) in [5.41, 5.74) is 18.2. The summed E-state index contributed by atoms with van der Waals surface area (Å²) in [6, 6.07) is 79.3. The zero-order valence-corrected chi connectivity index (χ0v) is 33.6. The van der Waals surface area contributed by atoms with E-state index in [4.69, 9.17) is 0 Å². The Labute approximate surface area is 358 Å². The average molecular weight is 779 g/mol. The van der Waals surface area contributed by atoms with Crippen molar-refractivity contribution in [2.75, 3.05) is 0 Å². The molecule has 0 radical (unpaired) electrons.